The lowest BCUT2D eigenvalue weighted by Crippen LogP contribution is -2.22. The van der Waals surface area contributed by atoms with E-state index in [9.17, 15) is 13.6 Å². The van der Waals surface area contributed by atoms with Crippen LogP contribution >= 0.6 is 11.3 Å². The first kappa shape index (κ1) is 12.4. The Balaban J connectivity index is 2.04. The Labute approximate surface area is 105 Å². The lowest BCUT2D eigenvalue weighted by atomic mass is 10.2. The van der Waals surface area contributed by atoms with Crippen LogP contribution in [-0.2, 0) is 6.54 Å². The van der Waals surface area contributed by atoms with Crippen molar-refractivity contribution in [3.63, 3.8) is 0 Å². The molecule has 0 saturated heterocycles. The molecule has 2 aromatic rings. The van der Waals surface area contributed by atoms with Crippen molar-refractivity contribution in [2.24, 2.45) is 0 Å². The molecule has 0 aliphatic heterocycles. The van der Waals surface area contributed by atoms with E-state index >= 15 is 0 Å². The van der Waals surface area contributed by atoms with Crippen molar-refractivity contribution in [1.82, 2.24) is 10.3 Å². The summed E-state index contributed by atoms with van der Waals surface area (Å²) in [6.45, 7) is -0.0970. The fourth-order valence-corrected chi connectivity index (χ4v) is 1.94. The van der Waals surface area contributed by atoms with Crippen molar-refractivity contribution < 1.29 is 13.6 Å². The summed E-state index contributed by atoms with van der Waals surface area (Å²) in [4.78, 5) is 15.7. The van der Waals surface area contributed by atoms with Crippen LogP contribution in [0.5, 0.6) is 0 Å². The summed E-state index contributed by atoms with van der Waals surface area (Å²) >= 11 is 1.03. The van der Waals surface area contributed by atoms with Gasteiger partial charge in [-0.25, -0.2) is 13.8 Å². The van der Waals surface area contributed by atoms with Crippen LogP contribution in [0, 0.1) is 11.6 Å². The Bertz CT molecular complexity index is 585. The van der Waals surface area contributed by atoms with Gasteiger partial charge in [-0.2, -0.15) is 0 Å². The topological polar surface area (TPSA) is 68.0 Å². The number of thiazole rings is 1. The van der Waals surface area contributed by atoms with Gasteiger partial charge in [0.05, 0.1) is 6.20 Å². The van der Waals surface area contributed by atoms with Gasteiger partial charge in [0.2, 0.25) is 0 Å². The number of amides is 1. The van der Waals surface area contributed by atoms with Crippen molar-refractivity contribution in [2.75, 3.05) is 5.73 Å². The third-order valence-corrected chi connectivity index (χ3v) is 3.04. The molecule has 2 rings (SSSR count). The third kappa shape index (κ3) is 2.62. The van der Waals surface area contributed by atoms with Gasteiger partial charge in [0.15, 0.2) is 16.8 Å². The maximum atomic E-state index is 13.3. The molecule has 1 aromatic carbocycles. The van der Waals surface area contributed by atoms with Gasteiger partial charge in [-0.15, -0.1) is 0 Å². The highest BCUT2D eigenvalue weighted by Crippen LogP contribution is 2.15. The summed E-state index contributed by atoms with van der Waals surface area (Å²) in [5.41, 5.74) is 5.47. The maximum absolute atomic E-state index is 13.3. The van der Waals surface area contributed by atoms with E-state index in [0.29, 0.717) is 4.88 Å². The Morgan fingerprint density at radius 2 is 2.22 bits per heavy atom. The fourth-order valence-electron chi connectivity index (χ4n) is 1.34. The first-order chi connectivity index (χ1) is 8.58. The van der Waals surface area contributed by atoms with Crippen LogP contribution in [0.3, 0.4) is 0 Å². The summed E-state index contributed by atoms with van der Waals surface area (Å²) in [5, 5.41) is 2.74. The van der Waals surface area contributed by atoms with Crippen LogP contribution in [0.15, 0.2) is 24.4 Å². The molecule has 0 saturated carbocycles. The highest BCUT2D eigenvalue weighted by atomic mass is 32.1. The molecule has 0 atom stereocenters. The molecule has 3 N–H and O–H groups in total. The number of aromatic nitrogens is 1. The normalized spacial score (nSPS) is 10.3. The molecule has 1 heterocycles. The number of nitrogens with two attached hydrogens (primary N) is 1. The molecule has 0 fully saturated rings. The molecule has 0 bridgehead atoms. The molecule has 0 spiro atoms. The van der Waals surface area contributed by atoms with Gasteiger partial charge in [0, 0.05) is 12.1 Å². The van der Waals surface area contributed by atoms with Crippen LogP contribution in [-0.4, -0.2) is 10.9 Å². The number of carbonyl (C=O) groups is 1. The number of nitrogen functional groups attached to an aromatic ring is 1. The molecule has 1 amide bonds. The smallest absolute Gasteiger partial charge is 0.263 e. The van der Waals surface area contributed by atoms with Crippen LogP contribution in [0.4, 0.5) is 13.9 Å². The van der Waals surface area contributed by atoms with Gasteiger partial charge in [0.25, 0.3) is 5.91 Å². The number of nitrogens with zero attached hydrogens (tertiary/aromatic N) is 1. The third-order valence-electron chi connectivity index (χ3n) is 2.22. The van der Waals surface area contributed by atoms with Crippen molar-refractivity contribution in [1.29, 1.82) is 0 Å². The van der Waals surface area contributed by atoms with E-state index in [0.717, 1.165) is 17.4 Å². The zero-order valence-electron chi connectivity index (χ0n) is 9.11. The second-order valence-electron chi connectivity index (χ2n) is 3.46. The van der Waals surface area contributed by atoms with Crippen LogP contribution in [0.2, 0.25) is 0 Å². The number of nitrogens with one attached hydrogen (secondary N) is 1. The van der Waals surface area contributed by atoms with E-state index in [1.807, 2.05) is 0 Å². The summed E-state index contributed by atoms with van der Waals surface area (Å²) < 4.78 is 26.2. The average molecular weight is 269 g/mol. The molecule has 0 aliphatic rings. The molecular formula is C11H9F2N3OS. The maximum Gasteiger partial charge on any atom is 0.263 e. The van der Waals surface area contributed by atoms with Crippen molar-refractivity contribution in [2.45, 2.75) is 6.54 Å². The SMILES string of the molecule is Nc1ncc(C(=O)NCc2cccc(F)c2F)s1. The Morgan fingerprint density at radius 3 is 2.89 bits per heavy atom. The van der Waals surface area contributed by atoms with E-state index in [1.54, 1.807) is 0 Å². The number of hydrogen-bond donors (Lipinski definition) is 2. The monoisotopic (exact) mass is 269 g/mol. The number of halogens is 2. The van der Waals surface area contributed by atoms with Crippen LogP contribution < -0.4 is 11.1 Å². The quantitative estimate of drug-likeness (QED) is 0.894. The summed E-state index contributed by atoms with van der Waals surface area (Å²) in [7, 11) is 0. The molecular weight excluding hydrogens is 260 g/mol. The van der Waals surface area contributed by atoms with Crippen molar-refractivity contribution in [3.8, 4) is 0 Å². The number of hydrogen-bond acceptors (Lipinski definition) is 4. The van der Waals surface area contributed by atoms with E-state index < -0.39 is 17.5 Å². The van der Waals surface area contributed by atoms with E-state index in [4.69, 9.17) is 5.73 Å². The molecule has 7 heteroatoms. The lowest BCUT2D eigenvalue weighted by molar-refractivity contribution is 0.0954. The molecule has 94 valence electrons. The summed E-state index contributed by atoms with van der Waals surface area (Å²) in [6.07, 6.45) is 1.33. The van der Waals surface area contributed by atoms with Gasteiger partial charge >= 0.3 is 0 Å². The van der Waals surface area contributed by atoms with Crippen LogP contribution in [0.1, 0.15) is 15.2 Å². The highest BCUT2D eigenvalue weighted by Gasteiger charge is 2.11. The highest BCUT2D eigenvalue weighted by molar-refractivity contribution is 7.17. The second-order valence-corrected chi connectivity index (χ2v) is 4.52. The number of rotatable bonds is 3. The predicted octanol–water partition coefficient (Wildman–Crippen LogP) is 1.93. The number of anilines is 1. The molecule has 1 aromatic heterocycles. The van der Waals surface area contributed by atoms with Gasteiger partial charge in [0.1, 0.15) is 4.88 Å². The zero-order chi connectivity index (χ0) is 13.1. The fraction of sp³-hybridized carbons (Fsp3) is 0.0909. The van der Waals surface area contributed by atoms with Gasteiger partial charge in [-0.3, -0.25) is 4.79 Å². The first-order valence-corrected chi connectivity index (χ1v) is 5.82. The van der Waals surface area contributed by atoms with E-state index in [1.165, 1.54) is 18.3 Å². The molecule has 0 aliphatic carbocycles. The van der Waals surface area contributed by atoms with Crippen LogP contribution in [0.25, 0.3) is 0 Å². The standard InChI is InChI=1S/C11H9F2N3OS/c12-7-3-1-2-6(9(7)13)4-15-10(17)8-5-16-11(14)18-8/h1-3,5H,4H2,(H2,14,16)(H,15,17). The zero-order valence-corrected chi connectivity index (χ0v) is 9.93. The minimum atomic E-state index is -0.957. The number of benzene rings is 1. The predicted molar refractivity (Wildman–Crippen MR) is 64.1 cm³/mol. The minimum Gasteiger partial charge on any atom is -0.375 e. The summed E-state index contributed by atoms with van der Waals surface area (Å²) in [6, 6.07) is 3.80. The van der Waals surface area contributed by atoms with Gasteiger partial charge in [-0.05, 0) is 6.07 Å². The number of carbonyl (C=O) groups excluding carboxylic acids is 1. The Kier molecular flexibility index (Phi) is 3.52. The minimum absolute atomic E-state index is 0.0841. The Morgan fingerprint density at radius 1 is 1.44 bits per heavy atom. The average Bonchev–Trinajstić information content (AvgIpc) is 2.77. The van der Waals surface area contributed by atoms with Crippen molar-refractivity contribution in [3.05, 3.63) is 46.5 Å². The largest absolute Gasteiger partial charge is 0.375 e. The lowest BCUT2D eigenvalue weighted by Gasteiger charge is -2.05. The molecule has 4 nitrogen and oxygen atoms in total. The first-order valence-electron chi connectivity index (χ1n) is 5.00. The Hall–Kier alpha value is -2.02. The molecule has 18 heavy (non-hydrogen) atoms. The van der Waals surface area contributed by atoms with Gasteiger partial charge < -0.3 is 11.1 Å². The van der Waals surface area contributed by atoms with E-state index in [2.05, 4.69) is 10.3 Å². The summed E-state index contributed by atoms with van der Waals surface area (Å²) in [5.74, 6) is -2.32. The van der Waals surface area contributed by atoms with Crippen molar-refractivity contribution >= 4 is 22.4 Å². The van der Waals surface area contributed by atoms with E-state index in [-0.39, 0.29) is 17.2 Å². The second kappa shape index (κ2) is 5.09. The molecule has 0 radical (unpaired) electrons. The van der Waals surface area contributed by atoms with Gasteiger partial charge in [-0.1, -0.05) is 23.5 Å². The molecule has 0 unspecified atom stereocenters.